The number of hydrogen-bond acceptors (Lipinski definition) is 2. The van der Waals surface area contributed by atoms with Crippen LogP contribution in [0.5, 0.6) is 0 Å². The summed E-state index contributed by atoms with van der Waals surface area (Å²) in [4.78, 5) is 0. The molecule has 1 rings (SSSR count). The molecule has 0 N–H and O–H groups in total. The fourth-order valence-electron chi connectivity index (χ4n) is 1.40. The third kappa shape index (κ3) is 2.46. The van der Waals surface area contributed by atoms with Crippen LogP contribution in [0.4, 0.5) is 0 Å². The summed E-state index contributed by atoms with van der Waals surface area (Å²) >= 11 is 0. The van der Waals surface area contributed by atoms with Gasteiger partial charge in [-0.3, -0.25) is 4.57 Å². The molecule has 0 bridgehead atoms. The minimum atomic E-state index is -2.58. The van der Waals surface area contributed by atoms with E-state index in [1.54, 1.807) is 0 Å². The molecule has 0 heterocycles. The van der Waals surface area contributed by atoms with Gasteiger partial charge in [-0.2, -0.15) is 0 Å². The van der Waals surface area contributed by atoms with E-state index in [1.165, 1.54) is 0 Å². The van der Waals surface area contributed by atoms with Crippen LogP contribution in [0.1, 0.15) is 19.4 Å². The van der Waals surface area contributed by atoms with Gasteiger partial charge in [0.25, 0.3) is 0 Å². The summed E-state index contributed by atoms with van der Waals surface area (Å²) in [6.45, 7) is 6.27. The van der Waals surface area contributed by atoms with Crippen molar-refractivity contribution in [3.8, 4) is 0 Å². The Bertz CT molecular complexity index is 347. The molecule has 0 aromatic heterocycles. The van der Waals surface area contributed by atoms with E-state index in [0.717, 1.165) is 10.9 Å². The Morgan fingerprint density at radius 1 is 1.36 bits per heavy atom. The third-order valence-electron chi connectivity index (χ3n) is 2.15. The zero-order chi connectivity index (χ0) is 10.6. The van der Waals surface area contributed by atoms with Crippen molar-refractivity contribution in [3.63, 3.8) is 0 Å². The molecule has 78 valence electrons. The third-order valence-corrected chi connectivity index (χ3v) is 4.72. The van der Waals surface area contributed by atoms with Crippen LogP contribution in [0.3, 0.4) is 0 Å². The van der Waals surface area contributed by atoms with E-state index in [1.807, 2.05) is 45.0 Å². The fourth-order valence-corrected chi connectivity index (χ4v) is 3.22. The first kappa shape index (κ1) is 11.5. The van der Waals surface area contributed by atoms with Gasteiger partial charge in [0.15, 0.2) is 0 Å². The topological polar surface area (TPSA) is 26.3 Å². The minimum absolute atomic E-state index is 0.499. The zero-order valence-corrected chi connectivity index (χ0v) is 9.88. The van der Waals surface area contributed by atoms with Gasteiger partial charge in [0.05, 0.1) is 6.61 Å². The highest BCUT2D eigenvalue weighted by Crippen LogP contribution is 2.44. The van der Waals surface area contributed by atoms with Crippen LogP contribution in [0.2, 0.25) is 0 Å². The largest absolute Gasteiger partial charge is 0.326 e. The Morgan fingerprint density at radius 3 is 2.57 bits per heavy atom. The first-order chi connectivity index (χ1) is 6.62. The van der Waals surface area contributed by atoms with E-state index < -0.39 is 7.37 Å². The predicted octanol–water partition coefficient (Wildman–Crippen LogP) is 2.95. The molecule has 1 atom stereocenters. The summed E-state index contributed by atoms with van der Waals surface area (Å²) in [5, 5.41) is 0.835. The summed E-state index contributed by atoms with van der Waals surface area (Å²) in [5.74, 6) is 0. The Balaban J connectivity index is 3.06. The molecule has 0 aliphatic rings. The monoisotopic (exact) mass is 212 g/mol. The van der Waals surface area contributed by atoms with Crippen LogP contribution >= 0.6 is 7.37 Å². The molecule has 0 fully saturated rings. The molecule has 0 aliphatic heterocycles. The second kappa shape index (κ2) is 4.77. The van der Waals surface area contributed by atoms with E-state index in [9.17, 15) is 4.57 Å². The molecule has 1 aromatic carbocycles. The van der Waals surface area contributed by atoms with Crippen molar-refractivity contribution in [2.24, 2.45) is 0 Å². The lowest BCUT2D eigenvalue weighted by Crippen LogP contribution is -2.09. The molecule has 0 spiro atoms. The van der Waals surface area contributed by atoms with E-state index in [4.69, 9.17) is 4.52 Å². The normalized spacial score (nSPS) is 15.1. The summed E-state index contributed by atoms with van der Waals surface area (Å²) in [6.07, 6.45) is 0.560. The second-order valence-electron chi connectivity index (χ2n) is 3.25. The van der Waals surface area contributed by atoms with Crippen LogP contribution in [-0.2, 0) is 9.09 Å². The van der Waals surface area contributed by atoms with Crippen LogP contribution in [0.15, 0.2) is 24.3 Å². The predicted molar refractivity (Wildman–Crippen MR) is 60.6 cm³/mol. The highest BCUT2D eigenvalue weighted by Gasteiger charge is 2.22. The Hall–Kier alpha value is -0.590. The van der Waals surface area contributed by atoms with Gasteiger partial charge in [0, 0.05) is 11.5 Å². The molecular weight excluding hydrogens is 195 g/mol. The summed E-state index contributed by atoms with van der Waals surface area (Å²) in [7, 11) is -2.58. The molecule has 2 nitrogen and oxygen atoms in total. The number of benzene rings is 1. The smallest absolute Gasteiger partial charge is 0.231 e. The molecule has 0 radical (unpaired) electrons. The lowest BCUT2D eigenvalue weighted by molar-refractivity contribution is 0.341. The van der Waals surface area contributed by atoms with Crippen molar-refractivity contribution in [2.75, 3.05) is 12.8 Å². The van der Waals surface area contributed by atoms with E-state index >= 15 is 0 Å². The van der Waals surface area contributed by atoms with Crippen molar-refractivity contribution < 1.29 is 9.09 Å². The lowest BCUT2D eigenvalue weighted by atomic mass is 10.2. The van der Waals surface area contributed by atoms with Gasteiger partial charge in [-0.1, -0.05) is 24.6 Å². The van der Waals surface area contributed by atoms with Crippen LogP contribution in [0, 0.1) is 6.92 Å². The van der Waals surface area contributed by atoms with Gasteiger partial charge < -0.3 is 4.52 Å². The average molecular weight is 212 g/mol. The van der Waals surface area contributed by atoms with Gasteiger partial charge in [0.2, 0.25) is 7.37 Å². The van der Waals surface area contributed by atoms with Gasteiger partial charge in [-0.05, 0) is 26.0 Å². The molecule has 0 amide bonds. The molecule has 0 aliphatic carbocycles. The maximum Gasteiger partial charge on any atom is 0.231 e. The van der Waals surface area contributed by atoms with Crippen molar-refractivity contribution in [1.29, 1.82) is 0 Å². The molecule has 1 aromatic rings. The van der Waals surface area contributed by atoms with Crippen LogP contribution in [0.25, 0.3) is 0 Å². The van der Waals surface area contributed by atoms with Crippen molar-refractivity contribution in [1.82, 2.24) is 0 Å². The Kier molecular flexibility index (Phi) is 3.91. The number of rotatable bonds is 4. The van der Waals surface area contributed by atoms with Gasteiger partial charge >= 0.3 is 0 Å². The van der Waals surface area contributed by atoms with Crippen molar-refractivity contribution in [2.45, 2.75) is 20.8 Å². The Morgan fingerprint density at radius 2 is 2.07 bits per heavy atom. The number of hydrogen-bond donors (Lipinski definition) is 0. The highest BCUT2D eigenvalue weighted by molar-refractivity contribution is 7.66. The maximum absolute atomic E-state index is 12.3. The molecule has 1 unspecified atom stereocenters. The molecule has 3 heteroatoms. The molecule has 0 saturated heterocycles. The second-order valence-corrected chi connectivity index (χ2v) is 6.00. The SMILES string of the molecule is CCOP(=O)(CC)c1cccc(C)c1. The van der Waals surface area contributed by atoms with Gasteiger partial charge in [-0.25, -0.2) is 0 Å². The lowest BCUT2D eigenvalue weighted by Gasteiger charge is -2.16. The molecular formula is C11H17O2P. The first-order valence-electron chi connectivity index (χ1n) is 4.93. The van der Waals surface area contributed by atoms with E-state index in [-0.39, 0.29) is 0 Å². The quantitative estimate of drug-likeness (QED) is 0.717. The highest BCUT2D eigenvalue weighted by atomic mass is 31.2. The zero-order valence-electron chi connectivity index (χ0n) is 8.99. The van der Waals surface area contributed by atoms with Crippen molar-refractivity contribution in [3.05, 3.63) is 29.8 Å². The molecule has 0 saturated carbocycles. The summed E-state index contributed by atoms with van der Waals surface area (Å²) in [5.41, 5.74) is 1.12. The first-order valence-corrected chi connectivity index (χ1v) is 6.74. The Labute approximate surface area is 85.7 Å². The summed E-state index contributed by atoms with van der Waals surface area (Å²) < 4.78 is 17.7. The number of aryl methyl sites for hydroxylation is 1. The molecule has 14 heavy (non-hydrogen) atoms. The van der Waals surface area contributed by atoms with Gasteiger partial charge in [0.1, 0.15) is 0 Å². The maximum atomic E-state index is 12.3. The fraction of sp³-hybridized carbons (Fsp3) is 0.455. The average Bonchev–Trinajstić information content (AvgIpc) is 2.18. The minimum Gasteiger partial charge on any atom is -0.326 e. The van der Waals surface area contributed by atoms with E-state index in [0.29, 0.717) is 12.8 Å². The van der Waals surface area contributed by atoms with Crippen molar-refractivity contribution >= 4 is 12.7 Å². The van der Waals surface area contributed by atoms with E-state index in [2.05, 4.69) is 0 Å². The standard InChI is InChI=1S/C11H17O2P/c1-4-13-14(12,5-2)11-8-6-7-10(3)9-11/h6-9H,4-5H2,1-3H3. The van der Waals surface area contributed by atoms with Crippen LogP contribution < -0.4 is 5.30 Å². The van der Waals surface area contributed by atoms with Crippen LogP contribution in [-0.4, -0.2) is 12.8 Å². The van der Waals surface area contributed by atoms with Gasteiger partial charge in [-0.15, -0.1) is 0 Å². The summed E-state index contributed by atoms with van der Waals surface area (Å²) in [6, 6.07) is 7.74.